The molecule has 36 heavy (non-hydrogen) atoms. The summed E-state index contributed by atoms with van der Waals surface area (Å²) < 4.78 is 0. The molecule has 6 nitrogen and oxygen atoms in total. The lowest BCUT2D eigenvalue weighted by atomic mass is 10.1. The molecule has 2 aromatic heterocycles. The number of phenolic OH excluding ortho intramolecular Hbond substituents is 2. The molecule has 0 unspecified atom stereocenters. The predicted molar refractivity (Wildman–Crippen MR) is 143 cm³/mol. The van der Waals surface area contributed by atoms with Crippen molar-refractivity contribution >= 4 is 23.2 Å². The molecule has 0 aliphatic rings. The van der Waals surface area contributed by atoms with E-state index in [1.165, 1.54) is 0 Å². The van der Waals surface area contributed by atoms with Gasteiger partial charge in [0.05, 0.1) is 11.4 Å². The highest BCUT2D eigenvalue weighted by Gasteiger charge is 2.16. The maximum absolute atomic E-state index is 10.4. The summed E-state index contributed by atoms with van der Waals surface area (Å²) in [6, 6.07) is 21.9. The van der Waals surface area contributed by atoms with Crippen LogP contribution >= 0.6 is 23.2 Å². The molecule has 0 saturated heterocycles. The number of aromatic nitrogens is 2. The van der Waals surface area contributed by atoms with Gasteiger partial charge in [-0.05, 0) is 60.7 Å². The molecule has 4 aromatic rings. The monoisotopic (exact) mass is 522 g/mol. The molecular formula is C28H28Cl2N4O2. The van der Waals surface area contributed by atoms with Crippen molar-refractivity contribution in [1.29, 1.82) is 0 Å². The smallest absolute Gasteiger partial charge is 0.120 e. The van der Waals surface area contributed by atoms with Crippen molar-refractivity contribution in [1.82, 2.24) is 19.8 Å². The Bertz CT molecular complexity index is 1160. The molecule has 2 aromatic carbocycles. The number of rotatable bonds is 11. The summed E-state index contributed by atoms with van der Waals surface area (Å²) in [4.78, 5) is 13.4. The van der Waals surface area contributed by atoms with Crippen LogP contribution in [0.25, 0.3) is 0 Å². The van der Waals surface area contributed by atoms with Gasteiger partial charge in [0.25, 0.3) is 0 Å². The van der Waals surface area contributed by atoms with E-state index in [2.05, 4.69) is 19.8 Å². The number of halogens is 2. The Balaban J connectivity index is 1.54. The highest BCUT2D eigenvalue weighted by Crippen LogP contribution is 2.25. The van der Waals surface area contributed by atoms with Crippen molar-refractivity contribution < 1.29 is 10.2 Å². The van der Waals surface area contributed by atoms with Crippen LogP contribution in [-0.4, -0.2) is 43.1 Å². The highest BCUT2D eigenvalue weighted by atomic mass is 35.5. The van der Waals surface area contributed by atoms with E-state index >= 15 is 0 Å². The first-order valence-corrected chi connectivity index (χ1v) is 12.4. The minimum absolute atomic E-state index is 0.208. The van der Waals surface area contributed by atoms with Crippen LogP contribution in [-0.2, 0) is 26.2 Å². The van der Waals surface area contributed by atoms with E-state index in [0.29, 0.717) is 49.3 Å². The van der Waals surface area contributed by atoms with Crippen molar-refractivity contribution in [2.75, 3.05) is 13.1 Å². The first-order chi connectivity index (χ1) is 17.5. The summed E-state index contributed by atoms with van der Waals surface area (Å²) in [6.45, 7) is 3.57. The molecule has 0 radical (unpaired) electrons. The fourth-order valence-electron chi connectivity index (χ4n) is 4.00. The maximum atomic E-state index is 10.4. The molecule has 0 amide bonds. The van der Waals surface area contributed by atoms with Gasteiger partial charge in [0.1, 0.15) is 11.5 Å². The number of hydrogen-bond acceptors (Lipinski definition) is 6. The van der Waals surface area contributed by atoms with E-state index in [9.17, 15) is 10.2 Å². The van der Waals surface area contributed by atoms with Gasteiger partial charge in [-0.3, -0.25) is 19.8 Å². The Morgan fingerprint density at radius 2 is 1.03 bits per heavy atom. The summed E-state index contributed by atoms with van der Waals surface area (Å²) >= 11 is 12.4. The first kappa shape index (κ1) is 25.9. The largest absolute Gasteiger partial charge is 0.508 e. The summed E-state index contributed by atoms with van der Waals surface area (Å²) in [6.07, 6.45) is 3.55. The zero-order valence-electron chi connectivity index (χ0n) is 19.8. The van der Waals surface area contributed by atoms with E-state index in [-0.39, 0.29) is 11.5 Å². The fraction of sp³-hybridized carbons (Fsp3) is 0.214. The third-order valence-corrected chi connectivity index (χ3v) is 6.30. The van der Waals surface area contributed by atoms with Crippen LogP contribution in [0.2, 0.25) is 10.0 Å². The molecule has 2 heterocycles. The molecule has 8 heteroatoms. The molecule has 186 valence electrons. The molecule has 2 N–H and O–H groups in total. The second-order valence-corrected chi connectivity index (χ2v) is 9.48. The lowest BCUT2D eigenvalue weighted by molar-refractivity contribution is 0.178. The zero-order chi connectivity index (χ0) is 25.3. The van der Waals surface area contributed by atoms with Crippen LogP contribution in [0.3, 0.4) is 0 Å². The Morgan fingerprint density at radius 3 is 1.42 bits per heavy atom. The molecule has 0 spiro atoms. The first-order valence-electron chi connectivity index (χ1n) is 11.7. The third kappa shape index (κ3) is 7.67. The van der Waals surface area contributed by atoms with Crippen molar-refractivity contribution in [2.24, 2.45) is 0 Å². The van der Waals surface area contributed by atoms with E-state index < -0.39 is 0 Å². The normalized spacial score (nSPS) is 11.3. The topological polar surface area (TPSA) is 72.7 Å². The molecule has 0 atom stereocenters. The van der Waals surface area contributed by atoms with Crippen LogP contribution in [0.5, 0.6) is 11.5 Å². The van der Waals surface area contributed by atoms with Crippen LogP contribution in [0.1, 0.15) is 22.5 Å². The van der Waals surface area contributed by atoms with Crippen LogP contribution in [0.4, 0.5) is 0 Å². The summed E-state index contributed by atoms with van der Waals surface area (Å²) in [5.41, 5.74) is 3.37. The molecule has 4 rings (SSSR count). The highest BCUT2D eigenvalue weighted by molar-refractivity contribution is 6.31. The maximum Gasteiger partial charge on any atom is 0.120 e. The minimum atomic E-state index is 0.208. The van der Waals surface area contributed by atoms with Crippen LogP contribution in [0, 0.1) is 0 Å². The molecule has 0 aliphatic heterocycles. The molecular weight excluding hydrogens is 495 g/mol. The number of nitrogens with zero attached hydrogens (tertiary/aromatic N) is 4. The molecule has 0 aliphatic carbocycles. The van der Waals surface area contributed by atoms with Crippen LogP contribution < -0.4 is 0 Å². The van der Waals surface area contributed by atoms with Gasteiger partial charge in [0.15, 0.2) is 0 Å². The molecule has 0 bridgehead atoms. The quantitative estimate of drug-likeness (QED) is 0.255. The second-order valence-electron chi connectivity index (χ2n) is 8.61. The minimum Gasteiger partial charge on any atom is -0.508 e. The zero-order valence-corrected chi connectivity index (χ0v) is 21.3. The average Bonchev–Trinajstić information content (AvgIpc) is 2.88. The van der Waals surface area contributed by atoms with Gasteiger partial charge in [0, 0.05) is 72.8 Å². The van der Waals surface area contributed by atoms with Crippen molar-refractivity contribution in [2.45, 2.75) is 26.2 Å². The summed E-state index contributed by atoms with van der Waals surface area (Å²) in [5, 5.41) is 22.0. The Labute approximate surface area is 221 Å². The third-order valence-electron chi connectivity index (χ3n) is 5.83. The summed E-state index contributed by atoms with van der Waals surface area (Å²) in [7, 11) is 0. The number of aromatic hydroxyl groups is 2. The van der Waals surface area contributed by atoms with Crippen molar-refractivity contribution in [3.05, 3.63) is 118 Å². The Kier molecular flexibility index (Phi) is 9.14. The Morgan fingerprint density at radius 1 is 0.583 bits per heavy atom. The van der Waals surface area contributed by atoms with Gasteiger partial charge >= 0.3 is 0 Å². The van der Waals surface area contributed by atoms with E-state index in [1.54, 1.807) is 48.8 Å². The fourth-order valence-corrected chi connectivity index (χ4v) is 4.39. The standard InChI is InChI=1S/C28H28Cl2N4O2/c29-23-7-9-27(35)21(15-23)17-33(19-25-5-1-3-11-31-25)13-14-34(20-26-6-2-4-12-32-26)18-22-16-24(30)8-10-28(22)36/h1-12,15-16,35-36H,13-14,17-20H2. The van der Waals surface area contributed by atoms with Gasteiger partial charge in [-0.15, -0.1) is 0 Å². The van der Waals surface area contributed by atoms with Crippen molar-refractivity contribution in [3.8, 4) is 11.5 Å². The molecule has 0 saturated carbocycles. The average molecular weight is 523 g/mol. The number of phenols is 2. The Hall–Kier alpha value is -3.16. The number of pyridine rings is 2. The molecule has 0 fully saturated rings. The van der Waals surface area contributed by atoms with E-state index in [0.717, 1.165) is 22.5 Å². The number of hydrogen-bond donors (Lipinski definition) is 2. The van der Waals surface area contributed by atoms with E-state index in [1.807, 2.05) is 36.4 Å². The second kappa shape index (κ2) is 12.7. The van der Waals surface area contributed by atoms with Gasteiger partial charge in [-0.1, -0.05) is 35.3 Å². The summed E-state index contributed by atoms with van der Waals surface area (Å²) in [5.74, 6) is 0.416. The van der Waals surface area contributed by atoms with Crippen LogP contribution in [0.15, 0.2) is 85.2 Å². The lowest BCUT2D eigenvalue weighted by Crippen LogP contribution is -2.34. The van der Waals surface area contributed by atoms with Gasteiger partial charge < -0.3 is 10.2 Å². The van der Waals surface area contributed by atoms with Gasteiger partial charge in [-0.25, -0.2) is 0 Å². The number of benzene rings is 2. The SMILES string of the molecule is Oc1ccc(Cl)cc1CN(CCN(Cc1ccccn1)Cc1cc(Cl)ccc1O)Cc1ccccn1. The van der Waals surface area contributed by atoms with Gasteiger partial charge in [-0.2, -0.15) is 0 Å². The van der Waals surface area contributed by atoms with Gasteiger partial charge in [0.2, 0.25) is 0 Å². The predicted octanol–water partition coefficient (Wildman–Crippen LogP) is 5.90. The van der Waals surface area contributed by atoms with Crippen molar-refractivity contribution in [3.63, 3.8) is 0 Å². The van der Waals surface area contributed by atoms with E-state index in [4.69, 9.17) is 23.2 Å². The lowest BCUT2D eigenvalue weighted by Gasteiger charge is -2.28.